The first-order chi connectivity index (χ1) is 9.12. The molecule has 3 rings (SSSR count). The molecule has 0 bridgehead atoms. The Hall–Kier alpha value is -0.0900. The SMILES string of the molecule is Fc1ccc(Br)c(OC2CC(Br)C23CCCCC3)c1. The van der Waals surface area contributed by atoms with Crippen LogP contribution in [0.25, 0.3) is 0 Å². The van der Waals surface area contributed by atoms with Crippen LogP contribution in [0.5, 0.6) is 5.75 Å². The van der Waals surface area contributed by atoms with E-state index in [1.54, 1.807) is 6.07 Å². The monoisotopic (exact) mass is 390 g/mol. The minimum atomic E-state index is -0.245. The Labute approximate surface area is 130 Å². The smallest absolute Gasteiger partial charge is 0.136 e. The fraction of sp³-hybridized carbons (Fsp3) is 0.600. The highest BCUT2D eigenvalue weighted by molar-refractivity contribution is 9.10. The second-order valence-electron chi connectivity index (χ2n) is 5.68. The lowest BCUT2D eigenvalue weighted by Gasteiger charge is -2.55. The lowest BCUT2D eigenvalue weighted by atomic mass is 9.58. The van der Waals surface area contributed by atoms with Gasteiger partial charge in [0.05, 0.1) is 4.47 Å². The van der Waals surface area contributed by atoms with Gasteiger partial charge >= 0.3 is 0 Å². The number of ether oxygens (including phenoxy) is 1. The zero-order valence-corrected chi connectivity index (χ0v) is 13.8. The van der Waals surface area contributed by atoms with E-state index in [0.717, 1.165) is 10.9 Å². The molecule has 1 aromatic carbocycles. The summed E-state index contributed by atoms with van der Waals surface area (Å²) >= 11 is 7.24. The van der Waals surface area contributed by atoms with E-state index in [2.05, 4.69) is 31.9 Å². The van der Waals surface area contributed by atoms with Crippen LogP contribution in [0, 0.1) is 11.2 Å². The highest BCUT2D eigenvalue weighted by Gasteiger charge is 2.55. The Morgan fingerprint density at radius 1 is 1.21 bits per heavy atom. The van der Waals surface area contributed by atoms with Crippen LogP contribution >= 0.6 is 31.9 Å². The fourth-order valence-corrected chi connectivity index (χ4v) is 4.86. The molecule has 0 saturated heterocycles. The Balaban J connectivity index is 1.78. The van der Waals surface area contributed by atoms with Gasteiger partial charge in [-0.3, -0.25) is 0 Å². The molecule has 4 heteroatoms. The molecule has 0 N–H and O–H groups in total. The molecule has 1 spiro atoms. The van der Waals surface area contributed by atoms with E-state index in [1.165, 1.54) is 44.2 Å². The minimum absolute atomic E-state index is 0.218. The third-order valence-electron chi connectivity index (χ3n) is 4.63. The molecular formula is C15H17Br2FO. The molecule has 2 saturated carbocycles. The van der Waals surface area contributed by atoms with Crippen LogP contribution in [0.1, 0.15) is 38.5 Å². The minimum Gasteiger partial charge on any atom is -0.488 e. The predicted octanol–water partition coefficient (Wildman–Crippen LogP) is 5.45. The van der Waals surface area contributed by atoms with E-state index in [1.807, 2.05) is 0 Å². The summed E-state index contributed by atoms with van der Waals surface area (Å²) in [4.78, 5) is 0.553. The lowest BCUT2D eigenvalue weighted by molar-refractivity contribution is -0.0606. The van der Waals surface area contributed by atoms with Gasteiger partial charge in [0.25, 0.3) is 0 Å². The van der Waals surface area contributed by atoms with Gasteiger partial charge in [-0.2, -0.15) is 0 Å². The zero-order chi connectivity index (χ0) is 13.5. The molecular weight excluding hydrogens is 375 g/mol. The average Bonchev–Trinajstić information content (AvgIpc) is 2.43. The highest BCUT2D eigenvalue weighted by atomic mass is 79.9. The molecule has 2 fully saturated rings. The molecule has 0 amide bonds. The Kier molecular flexibility index (Phi) is 3.91. The van der Waals surface area contributed by atoms with Crippen LogP contribution in [0.15, 0.2) is 22.7 Å². The molecule has 2 atom stereocenters. The Bertz CT molecular complexity index is 471. The molecule has 2 aliphatic rings. The Morgan fingerprint density at radius 3 is 2.63 bits per heavy atom. The number of benzene rings is 1. The highest BCUT2D eigenvalue weighted by Crippen LogP contribution is 2.56. The van der Waals surface area contributed by atoms with Crippen molar-refractivity contribution in [3.8, 4) is 5.75 Å². The summed E-state index contributed by atoms with van der Waals surface area (Å²) in [6.07, 6.45) is 7.58. The Morgan fingerprint density at radius 2 is 1.95 bits per heavy atom. The van der Waals surface area contributed by atoms with Crippen molar-refractivity contribution in [3.05, 3.63) is 28.5 Å². The van der Waals surface area contributed by atoms with Gasteiger partial charge in [-0.15, -0.1) is 0 Å². The summed E-state index contributed by atoms with van der Waals surface area (Å²) in [6, 6.07) is 4.63. The molecule has 0 heterocycles. The standard InChI is InChI=1S/C15H17Br2FO/c16-11-5-4-10(18)8-12(11)19-14-9-13(17)15(14)6-2-1-3-7-15/h4-5,8,13-14H,1-3,6-7,9H2. The summed E-state index contributed by atoms with van der Waals surface area (Å²) in [5.41, 5.74) is 0.268. The molecule has 2 unspecified atom stereocenters. The van der Waals surface area contributed by atoms with E-state index >= 15 is 0 Å². The van der Waals surface area contributed by atoms with Crippen molar-refractivity contribution in [1.82, 2.24) is 0 Å². The van der Waals surface area contributed by atoms with Gasteiger partial charge < -0.3 is 4.74 Å². The number of alkyl halides is 1. The van der Waals surface area contributed by atoms with Crippen LogP contribution in [-0.2, 0) is 0 Å². The maximum Gasteiger partial charge on any atom is 0.136 e. The normalized spacial score (nSPS) is 29.0. The van der Waals surface area contributed by atoms with Crippen LogP contribution < -0.4 is 4.74 Å². The van der Waals surface area contributed by atoms with Gasteiger partial charge in [-0.25, -0.2) is 4.39 Å². The summed E-state index contributed by atoms with van der Waals surface area (Å²) < 4.78 is 20.3. The van der Waals surface area contributed by atoms with E-state index in [9.17, 15) is 4.39 Å². The summed E-state index contributed by atoms with van der Waals surface area (Å²) in [7, 11) is 0. The van der Waals surface area contributed by atoms with Crippen molar-refractivity contribution in [2.75, 3.05) is 0 Å². The fourth-order valence-electron chi connectivity index (χ4n) is 3.43. The number of halogens is 3. The van der Waals surface area contributed by atoms with Gasteiger partial charge in [0, 0.05) is 16.3 Å². The maximum atomic E-state index is 13.3. The van der Waals surface area contributed by atoms with Crippen LogP contribution in [0.2, 0.25) is 0 Å². The molecule has 1 aromatic rings. The molecule has 0 radical (unpaired) electrons. The quantitative estimate of drug-likeness (QED) is 0.608. The number of rotatable bonds is 2. The first-order valence-corrected chi connectivity index (χ1v) is 8.58. The molecule has 0 aromatic heterocycles. The predicted molar refractivity (Wildman–Crippen MR) is 81.4 cm³/mol. The van der Waals surface area contributed by atoms with E-state index in [0.29, 0.717) is 10.6 Å². The first-order valence-electron chi connectivity index (χ1n) is 6.87. The van der Waals surface area contributed by atoms with Gasteiger partial charge in [-0.1, -0.05) is 35.2 Å². The summed E-state index contributed by atoms with van der Waals surface area (Å²) in [5.74, 6) is 0.389. The summed E-state index contributed by atoms with van der Waals surface area (Å²) in [5, 5.41) is 0. The number of hydrogen-bond acceptors (Lipinski definition) is 1. The molecule has 0 aliphatic heterocycles. The molecule has 19 heavy (non-hydrogen) atoms. The topological polar surface area (TPSA) is 9.23 Å². The average molecular weight is 392 g/mol. The lowest BCUT2D eigenvalue weighted by Crippen LogP contribution is -2.57. The van der Waals surface area contributed by atoms with Crippen molar-refractivity contribution in [2.24, 2.45) is 5.41 Å². The largest absolute Gasteiger partial charge is 0.488 e. The van der Waals surface area contributed by atoms with Gasteiger partial charge in [0.15, 0.2) is 0 Å². The summed E-state index contributed by atoms with van der Waals surface area (Å²) in [6.45, 7) is 0. The molecule has 1 nitrogen and oxygen atoms in total. The van der Waals surface area contributed by atoms with Crippen molar-refractivity contribution in [1.29, 1.82) is 0 Å². The van der Waals surface area contributed by atoms with E-state index in [4.69, 9.17) is 4.74 Å². The van der Waals surface area contributed by atoms with E-state index in [-0.39, 0.29) is 17.3 Å². The third-order valence-corrected chi connectivity index (χ3v) is 6.57. The second-order valence-corrected chi connectivity index (χ2v) is 7.64. The number of hydrogen-bond donors (Lipinski definition) is 0. The van der Waals surface area contributed by atoms with Crippen molar-refractivity contribution in [3.63, 3.8) is 0 Å². The molecule has 104 valence electrons. The molecule has 2 aliphatic carbocycles. The van der Waals surface area contributed by atoms with Gasteiger partial charge in [0.1, 0.15) is 17.7 Å². The first kappa shape index (κ1) is 13.9. The van der Waals surface area contributed by atoms with Gasteiger partial charge in [-0.05, 0) is 47.3 Å². The van der Waals surface area contributed by atoms with Gasteiger partial charge in [0.2, 0.25) is 0 Å². The van der Waals surface area contributed by atoms with E-state index < -0.39 is 0 Å². The third kappa shape index (κ3) is 2.46. The van der Waals surface area contributed by atoms with Crippen molar-refractivity contribution < 1.29 is 9.13 Å². The van der Waals surface area contributed by atoms with Crippen LogP contribution in [0.3, 0.4) is 0 Å². The zero-order valence-electron chi connectivity index (χ0n) is 10.7. The second kappa shape index (κ2) is 5.36. The maximum absolute atomic E-state index is 13.3. The van der Waals surface area contributed by atoms with Crippen molar-refractivity contribution in [2.45, 2.75) is 49.5 Å². The van der Waals surface area contributed by atoms with Crippen LogP contribution in [0.4, 0.5) is 4.39 Å². The van der Waals surface area contributed by atoms with Crippen LogP contribution in [-0.4, -0.2) is 10.9 Å². The van der Waals surface area contributed by atoms with Crippen molar-refractivity contribution >= 4 is 31.9 Å².